The van der Waals surface area contributed by atoms with Crippen LogP contribution in [0.25, 0.3) is 22.4 Å². The maximum absolute atomic E-state index is 12.7. The average molecular weight is 1860 g/mol. The number of ether oxygens (including phenoxy) is 7. The van der Waals surface area contributed by atoms with Crippen LogP contribution in [-0.4, -0.2) is 168 Å². The van der Waals surface area contributed by atoms with Gasteiger partial charge in [0.05, 0.1) is 82.0 Å². The monoisotopic (exact) mass is 1860 g/mol. The molecule has 16 atom stereocenters. The first-order chi connectivity index (χ1) is 65.0. The fourth-order valence-corrected chi connectivity index (χ4v) is 26.2. The first-order valence-electron chi connectivity index (χ1n) is 54.1. The number of allylic oxidation sites excluding steroid dienone is 3. The van der Waals surface area contributed by atoms with E-state index in [0.717, 1.165) is 196 Å². The molecule has 0 amide bonds. The van der Waals surface area contributed by atoms with E-state index >= 15 is 0 Å². The van der Waals surface area contributed by atoms with Gasteiger partial charge in [-0.25, -0.2) is 14.8 Å². The fraction of sp³-hybridized carbons (Fsp3) is 0.770. The molecule has 0 spiro atoms. The van der Waals surface area contributed by atoms with Crippen molar-refractivity contribution in [1.82, 2.24) is 28.9 Å². The molecule has 2 saturated heterocycles. The second kappa shape index (κ2) is 64.0. The van der Waals surface area contributed by atoms with Gasteiger partial charge < -0.3 is 47.2 Å². The molecule has 7 saturated carbocycles. The predicted octanol–water partition coefficient (Wildman–Crippen LogP) is 26.0. The number of nitriles is 1. The predicted molar refractivity (Wildman–Crippen MR) is 539 cm³/mol. The van der Waals surface area contributed by atoms with Crippen molar-refractivity contribution in [3.8, 4) is 17.5 Å². The lowest BCUT2D eigenvalue weighted by atomic mass is 9.55. The maximum atomic E-state index is 12.7. The molecule has 19 nitrogen and oxygen atoms in total. The molecular formula is C113H179N7O12S. The van der Waals surface area contributed by atoms with Crippen LogP contribution in [0.5, 0.6) is 0 Å². The number of methoxy groups -OCH3 is 1. The number of carbonyl (C=O) groups excluding carboxylic acids is 5. The van der Waals surface area contributed by atoms with E-state index in [1.54, 1.807) is 12.5 Å². The van der Waals surface area contributed by atoms with Crippen molar-refractivity contribution in [3.05, 3.63) is 97.6 Å². The van der Waals surface area contributed by atoms with E-state index < -0.39 is 0 Å². The van der Waals surface area contributed by atoms with Crippen molar-refractivity contribution in [1.29, 1.82) is 5.26 Å². The molecule has 744 valence electrons. The number of para-hydroxylation sites is 2. The summed E-state index contributed by atoms with van der Waals surface area (Å²) in [6.07, 6.45) is 79.0. The number of hydrogen-bond donors (Lipinski definition) is 0. The Morgan fingerprint density at radius 3 is 1.53 bits per heavy atom. The van der Waals surface area contributed by atoms with E-state index in [-0.39, 0.29) is 56.5 Å². The first-order valence-corrected chi connectivity index (χ1v) is 55.3. The van der Waals surface area contributed by atoms with Crippen molar-refractivity contribution < 1.29 is 57.1 Å². The molecule has 20 heteroatoms. The molecule has 0 N–H and O–H groups in total. The summed E-state index contributed by atoms with van der Waals surface area (Å²) in [5.74, 6) is 15.1. The summed E-state index contributed by atoms with van der Waals surface area (Å²) in [5.41, 5.74) is 3.11. The molecular weight excluding hydrogens is 1680 g/mol. The number of carbonyl (C=O) groups is 5. The van der Waals surface area contributed by atoms with Crippen LogP contribution in [0.4, 0.5) is 0 Å². The molecule has 4 aromatic rings. The zero-order chi connectivity index (χ0) is 92.2. The zero-order valence-corrected chi connectivity index (χ0v) is 83.1. The molecule has 4 heterocycles. The van der Waals surface area contributed by atoms with Crippen LogP contribution in [0.2, 0.25) is 0 Å². The maximum Gasteiger partial charge on any atom is 0.344 e. The Balaban J connectivity index is 0.000000186. The Labute approximate surface area is 808 Å². The van der Waals surface area contributed by atoms with Gasteiger partial charge in [-0.3, -0.25) is 24.1 Å². The highest BCUT2D eigenvalue weighted by atomic mass is 32.2. The summed E-state index contributed by atoms with van der Waals surface area (Å²) >= 11 is 2.01. The summed E-state index contributed by atoms with van der Waals surface area (Å²) in [4.78, 5) is 73.6. The van der Waals surface area contributed by atoms with Gasteiger partial charge in [-0.05, 0) is 179 Å². The highest BCUT2D eigenvalue weighted by Gasteiger charge is 2.76. The number of nitrogens with zero attached hydrogens (tertiary/aromatic N) is 7. The SMILES string of the molecule is C.CC/C=C\CCOC(=O)CCCn1ccnc1-c1ccccc1.COC(C)CCCCCCCCCCCCCCCCCCCCCOC(=O)CCN1CCSCC1.N#CCCCCCCCCCCCCCCCCCCCCCOC(=O)CCn1cnc2ccccc21.O=C(CN1CCOCC1)OCC(=O)OC1CC2CC1C1C3CC(C21)C1C2CC(C4C5C=CC(C5)C24)C31. The van der Waals surface area contributed by atoms with E-state index in [1.165, 1.54) is 262 Å². The lowest BCUT2D eigenvalue weighted by molar-refractivity contribution is -0.167. The first kappa shape index (κ1) is 109. The summed E-state index contributed by atoms with van der Waals surface area (Å²) in [6, 6.07) is 20.3. The minimum absolute atomic E-state index is 0. The number of hydrogen-bond acceptors (Lipinski definition) is 18. The topological polar surface area (TPSA) is 216 Å². The minimum atomic E-state index is -0.350. The Morgan fingerprint density at radius 1 is 0.481 bits per heavy atom. The van der Waals surface area contributed by atoms with Crippen molar-refractivity contribution >= 4 is 52.6 Å². The Kier molecular flexibility index (Phi) is 52.3. The highest BCUT2D eigenvalue weighted by Crippen LogP contribution is 2.81. The van der Waals surface area contributed by atoms with Crippen LogP contribution < -0.4 is 0 Å². The van der Waals surface area contributed by atoms with Gasteiger partial charge in [-0.2, -0.15) is 17.0 Å². The number of rotatable bonds is 64. The van der Waals surface area contributed by atoms with E-state index in [1.807, 2.05) is 95.2 Å². The minimum Gasteiger partial charge on any atom is -0.466 e. The second-order valence-corrected chi connectivity index (χ2v) is 42.0. The molecule has 10 aliphatic rings. The van der Waals surface area contributed by atoms with Gasteiger partial charge in [0.15, 0.2) is 6.61 Å². The van der Waals surface area contributed by atoms with E-state index in [9.17, 15) is 24.0 Å². The summed E-state index contributed by atoms with van der Waals surface area (Å²) < 4.78 is 42.1. The van der Waals surface area contributed by atoms with Crippen LogP contribution in [0, 0.1) is 94.2 Å². The van der Waals surface area contributed by atoms with Gasteiger partial charge in [-0.1, -0.05) is 306 Å². The van der Waals surface area contributed by atoms with Gasteiger partial charge in [-0.15, -0.1) is 0 Å². The molecule has 9 fully saturated rings. The van der Waals surface area contributed by atoms with E-state index in [0.29, 0.717) is 70.9 Å². The average Bonchev–Trinajstić information content (AvgIpc) is 1.49. The number of morpholine rings is 1. The molecule has 2 aromatic heterocycles. The third-order valence-electron chi connectivity index (χ3n) is 31.6. The number of fused-ring (bicyclic) bond motifs is 24. The Morgan fingerprint density at radius 2 is 0.977 bits per heavy atom. The van der Waals surface area contributed by atoms with Crippen LogP contribution in [0.15, 0.2) is 97.6 Å². The lowest BCUT2D eigenvalue weighted by Crippen LogP contribution is -2.48. The van der Waals surface area contributed by atoms with E-state index in [2.05, 4.69) is 57.6 Å². The summed E-state index contributed by atoms with van der Waals surface area (Å²) in [5, 5.41) is 8.52. The smallest absolute Gasteiger partial charge is 0.344 e. The number of benzene rings is 2. The van der Waals surface area contributed by atoms with Crippen molar-refractivity contribution in [2.24, 2.45) is 82.9 Å². The number of imidazole rings is 2. The fourth-order valence-electron chi connectivity index (χ4n) is 25.2. The molecule has 16 unspecified atom stereocenters. The normalized spacial score (nSPS) is 24.4. The number of esters is 5. The number of thioether (sulfide) groups is 1. The van der Waals surface area contributed by atoms with Crippen molar-refractivity contribution in [2.75, 3.05) is 97.5 Å². The van der Waals surface area contributed by atoms with Crippen molar-refractivity contribution in [2.45, 2.75) is 374 Å². The third-order valence-corrected chi connectivity index (χ3v) is 32.6. The molecule has 0 radical (unpaired) electrons. The standard InChI is InChI=1S/C32H51N3O2.C31H61NO3S.C30H39NO5.C19H24N2O2.CH4/c33-26-21-17-15-13-11-9-7-5-3-1-2-4-6-8-10-12-14-16-18-22-28-37-32(36)25-27-35-29-34-30-23-19-20-24-31(30)35;1-30(34-2)22-20-18-16-14-12-10-8-6-4-3-5-7-9-11-13-15-17-19-21-27-35-31(33)23-24-32-25-28-36-29-26-32;32-23(12-31-3-5-34-6-4-31)35-13-24(33)36-22-9-16-8-17(22)28-21-11-20(27(16)28)29-18-10-19(30(21)29)26-15-2-1-14(7-15)25(18)26;1-2-3-4-8-16-23-18(22)12-9-14-21-15-13-20-19(21)17-10-6-5-7-11-17;/h19-20,23-24,29H,1-18,21-22,25,27-28H2;30H,3-29H2,1-2H3;1-2,14-22,25-30H,3-13H2;3-7,10-11,13,15H,2,8-9,12,14,16H2,1H3;1H4/b;;;4-3-;. The highest BCUT2D eigenvalue weighted by molar-refractivity contribution is 7.99. The molecule has 2 aliphatic heterocycles. The molecule has 2 aromatic carbocycles. The van der Waals surface area contributed by atoms with Gasteiger partial charge >= 0.3 is 29.8 Å². The number of aromatic nitrogens is 4. The van der Waals surface area contributed by atoms with Gasteiger partial charge in [0, 0.05) is 95.2 Å². The summed E-state index contributed by atoms with van der Waals surface area (Å²) in [6.45, 7) is 13.1. The molecule has 8 bridgehead atoms. The Bertz CT molecular complexity index is 3940. The van der Waals surface area contributed by atoms with Crippen LogP contribution >= 0.6 is 11.8 Å². The zero-order valence-electron chi connectivity index (χ0n) is 82.3. The molecule has 8 aliphatic carbocycles. The quantitative estimate of drug-likeness (QED) is 0.0132. The second-order valence-electron chi connectivity index (χ2n) is 40.8. The van der Waals surface area contributed by atoms with Crippen LogP contribution in [0.3, 0.4) is 0 Å². The van der Waals surface area contributed by atoms with Gasteiger partial charge in [0.2, 0.25) is 0 Å². The third kappa shape index (κ3) is 37.1. The largest absolute Gasteiger partial charge is 0.466 e. The van der Waals surface area contributed by atoms with Crippen LogP contribution in [0.1, 0.15) is 349 Å². The summed E-state index contributed by atoms with van der Waals surface area (Å²) in [7, 11) is 1.82. The Hall–Kier alpha value is -6.37. The molecule has 14 rings (SSSR count). The number of unbranched alkanes of at least 4 members (excludes halogenated alkanes) is 37. The van der Waals surface area contributed by atoms with Gasteiger partial charge in [0.1, 0.15) is 11.9 Å². The van der Waals surface area contributed by atoms with Gasteiger partial charge in [0.25, 0.3) is 0 Å². The number of aryl methyl sites for hydroxylation is 2. The van der Waals surface area contributed by atoms with Crippen molar-refractivity contribution in [3.63, 3.8) is 0 Å². The lowest BCUT2D eigenvalue weighted by Gasteiger charge is -2.50. The van der Waals surface area contributed by atoms with E-state index in [4.69, 9.17) is 38.4 Å². The van der Waals surface area contributed by atoms with Crippen LogP contribution in [-0.2, 0) is 70.2 Å². The molecule has 133 heavy (non-hydrogen) atoms.